The Balaban J connectivity index is 2.56. The summed E-state index contributed by atoms with van der Waals surface area (Å²) in [5.74, 6) is 0.00308. The molecule has 1 rings (SSSR count). The number of nitrogens with two attached hydrogens (primary N) is 1. The average Bonchev–Trinajstić information content (AvgIpc) is 2.02. The van der Waals surface area contributed by atoms with Crippen LogP contribution in [0.15, 0.2) is 30.3 Å². The summed E-state index contributed by atoms with van der Waals surface area (Å²) in [5, 5.41) is 4.73. The van der Waals surface area contributed by atoms with E-state index in [0.29, 0.717) is 5.75 Å². The predicted octanol–water partition coefficient (Wildman–Crippen LogP) is 0.311. The van der Waals surface area contributed by atoms with Gasteiger partial charge in [-0.3, -0.25) is 0 Å². The molecule has 1 aromatic rings. The molecule has 0 aliphatic heterocycles. The van der Waals surface area contributed by atoms with Gasteiger partial charge in [0.05, 0.1) is 0 Å². The van der Waals surface area contributed by atoms with Gasteiger partial charge in [-0.1, -0.05) is 18.2 Å². The second-order valence-corrected chi connectivity index (χ2v) is 3.80. The Hall–Kier alpha value is -1.07. The fourth-order valence-corrected chi connectivity index (χ4v) is 0.967. The molecule has 0 fully saturated rings. The van der Waals surface area contributed by atoms with E-state index in [2.05, 4.69) is 0 Å². The van der Waals surface area contributed by atoms with E-state index < -0.39 is 16.0 Å². The molecule has 5 heteroatoms. The van der Waals surface area contributed by atoms with Crippen molar-refractivity contribution < 1.29 is 13.2 Å². The summed E-state index contributed by atoms with van der Waals surface area (Å²) in [6.45, 7) is 0. The van der Waals surface area contributed by atoms with Crippen LogP contribution < -0.4 is 9.88 Å². The molecule has 0 atom stereocenters. The first-order chi connectivity index (χ1) is 5.58. The van der Waals surface area contributed by atoms with Crippen molar-refractivity contribution in [3.05, 3.63) is 30.3 Å². The van der Waals surface area contributed by atoms with Crippen LogP contribution in [0.4, 0.5) is 0 Å². The summed E-state index contributed by atoms with van der Waals surface area (Å²) in [7, 11) is -3.54. The zero-order chi connectivity index (χ0) is 9.03. The standard InChI is InChI=1S/C7H9NO3S/c8-12(9,10)6-11-7-4-2-1-3-5-7/h1-5H,6H2,(H2,8,9,10). The lowest BCUT2D eigenvalue weighted by Crippen LogP contribution is -2.20. The van der Waals surface area contributed by atoms with Crippen LogP contribution in [0.25, 0.3) is 0 Å². The molecule has 0 unspecified atom stereocenters. The van der Waals surface area contributed by atoms with Gasteiger partial charge in [-0.2, -0.15) is 0 Å². The largest absolute Gasteiger partial charge is 0.476 e. The number of ether oxygens (including phenoxy) is 1. The molecule has 0 spiro atoms. The first kappa shape index (κ1) is 9.02. The highest BCUT2D eigenvalue weighted by atomic mass is 32.2. The number of hydrogen-bond donors (Lipinski definition) is 1. The molecule has 0 amide bonds. The lowest BCUT2D eigenvalue weighted by Gasteiger charge is -2.02. The first-order valence-electron chi connectivity index (χ1n) is 3.26. The van der Waals surface area contributed by atoms with Crippen molar-refractivity contribution in [1.29, 1.82) is 0 Å². The van der Waals surface area contributed by atoms with Gasteiger partial charge >= 0.3 is 0 Å². The highest BCUT2D eigenvalue weighted by molar-refractivity contribution is 7.88. The minimum absolute atomic E-state index is 0.489. The molecule has 1 aromatic carbocycles. The van der Waals surface area contributed by atoms with Gasteiger partial charge < -0.3 is 4.74 Å². The van der Waals surface area contributed by atoms with Crippen LogP contribution in [0.5, 0.6) is 5.75 Å². The fraction of sp³-hybridized carbons (Fsp3) is 0.143. The van der Waals surface area contributed by atoms with E-state index in [4.69, 9.17) is 9.88 Å². The van der Waals surface area contributed by atoms with E-state index in [9.17, 15) is 8.42 Å². The predicted molar refractivity (Wildman–Crippen MR) is 45.0 cm³/mol. The lowest BCUT2D eigenvalue weighted by molar-refractivity contribution is 0.377. The molecule has 0 saturated heterocycles. The van der Waals surface area contributed by atoms with Gasteiger partial charge in [0.15, 0.2) is 0 Å². The molecule has 0 aliphatic carbocycles. The summed E-state index contributed by atoms with van der Waals surface area (Å²) in [6.07, 6.45) is 0. The normalized spacial score (nSPS) is 11.1. The van der Waals surface area contributed by atoms with E-state index in [-0.39, 0.29) is 0 Å². The third-order valence-corrected chi connectivity index (χ3v) is 1.58. The monoisotopic (exact) mass is 187 g/mol. The van der Waals surface area contributed by atoms with Crippen LogP contribution >= 0.6 is 0 Å². The van der Waals surface area contributed by atoms with Gasteiger partial charge in [-0.05, 0) is 12.1 Å². The van der Waals surface area contributed by atoms with Crippen LogP contribution in [-0.2, 0) is 10.0 Å². The van der Waals surface area contributed by atoms with Crippen molar-refractivity contribution in [3.63, 3.8) is 0 Å². The van der Waals surface area contributed by atoms with Crippen LogP contribution in [0.1, 0.15) is 0 Å². The van der Waals surface area contributed by atoms with E-state index in [1.807, 2.05) is 6.07 Å². The summed E-state index contributed by atoms with van der Waals surface area (Å²) in [4.78, 5) is 0. The second-order valence-electron chi connectivity index (χ2n) is 2.24. The quantitative estimate of drug-likeness (QED) is 0.740. The molecule has 0 aromatic heterocycles. The van der Waals surface area contributed by atoms with Crippen molar-refractivity contribution in [1.82, 2.24) is 0 Å². The Morgan fingerprint density at radius 1 is 1.25 bits per heavy atom. The number of benzene rings is 1. The maximum absolute atomic E-state index is 10.5. The Bertz CT molecular complexity index is 333. The SMILES string of the molecule is NS(=O)(=O)COc1ccccc1. The number of sulfonamides is 1. The molecule has 0 bridgehead atoms. The molecule has 0 heterocycles. The Labute approximate surface area is 71.0 Å². The minimum Gasteiger partial charge on any atom is -0.476 e. The van der Waals surface area contributed by atoms with Gasteiger partial charge in [-0.15, -0.1) is 0 Å². The van der Waals surface area contributed by atoms with Crippen LogP contribution in [0.3, 0.4) is 0 Å². The van der Waals surface area contributed by atoms with Crippen LogP contribution in [0.2, 0.25) is 0 Å². The van der Waals surface area contributed by atoms with Crippen molar-refractivity contribution in [2.24, 2.45) is 5.14 Å². The minimum atomic E-state index is -3.54. The zero-order valence-electron chi connectivity index (χ0n) is 6.30. The smallest absolute Gasteiger partial charge is 0.244 e. The molecule has 12 heavy (non-hydrogen) atoms. The molecule has 0 saturated carbocycles. The number of primary sulfonamides is 1. The van der Waals surface area contributed by atoms with Crippen molar-refractivity contribution in [2.75, 3.05) is 5.94 Å². The van der Waals surface area contributed by atoms with Gasteiger partial charge in [0, 0.05) is 0 Å². The number of para-hydroxylation sites is 1. The second kappa shape index (κ2) is 3.55. The van der Waals surface area contributed by atoms with E-state index in [1.54, 1.807) is 24.3 Å². The van der Waals surface area contributed by atoms with Gasteiger partial charge in [0.1, 0.15) is 5.75 Å². The molecule has 2 N–H and O–H groups in total. The topological polar surface area (TPSA) is 69.4 Å². The summed E-state index contributed by atoms with van der Waals surface area (Å²) in [5.41, 5.74) is 0. The van der Waals surface area contributed by atoms with E-state index in [1.165, 1.54) is 0 Å². The van der Waals surface area contributed by atoms with Crippen LogP contribution in [-0.4, -0.2) is 14.4 Å². The van der Waals surface area contributed by atoms with Crippen molar-refractivity contribution in [3.8, 4) is 5.75 Å². The maximum atomic E-state index is 10.5. The summed E-state index contributed by atoms with van der Waals surface area (Å²) < 4.78 is 25.8. The maximum Gasteiger partial charge on any atom is 0.244 e. The van der Waals surface area contributed by atoms with E-state index in [0.717, 1.165) is 0 Å². The average molecular weight is 187 g/mol. The summed E-state index contributed by atoms with van der Waals surface area (Å²) in [6, 6.07) is 8.62. The fourth-order valence-electron chi connectivity index (χ4n) is 0.667. The number of rotatable bonds is 3. The highest BCUT2D eigenvalue weighted by Gasteiger charge is 2.02. The molecule has 66 valence electrons. The first-order valence-corrected chi connectivity index (χ1v) is 4.98. The van der Waals surface area contributed by atoms with Gasteiger partial charge in [0.25, 0.3) is 0 Å². The Morgan fingerprint density at radius 3 is 2.33 bits per heavy atom. The van der Waals surface area contributed by atoms with Crippen molar-refractivity contribution in [2.45, 2.75) is 0 Å². The Kier molecular flexibility index (Phi) is 2.67. The molecular formula is C7H9NO3S. The molecule has 4 nitrogen and oxygen atoms in total. The van der Waals surface area contributed by atoms with Gasteiger partial charge in [-0.25, -0.2) is 13.6 Å². The van der Waals surface area contributed by atoms with Gasteiger partial charge in [0.2, 0.25) is 16.0 Å². The zero-order valence-corrected chi connectivity index (χ0v) is 7.12. The molecule has 0 radical (unpaired) electrons. The highest BCUT2D eigenvalue weighted by Crippen LogP contribution is 2.07. The van der Waals surface area contributed by atoms with Crippen LogP contribution in [0, 0.1) is 0 Å². The Morgan fingerprint density at radius 2 is 1.83 bits per heavy atom. The van der Waals surface area contributed by atoms with Crippen molar-refractivity contribution >= 4 is 10.0 Å². The third kappa shape index (κ3) is 3.36. The summed E-state index contributed by atoms with van der Waals surface area (Å²) >= 11 is 0. The lowest BCUT2D eigenvalue weighted by atomic mass is 10.3. The third-order valence-electron chi connectivity index (χ3n) is 1.13. The number of hydrogen-bond acceptors (Lipinski definition) is 3. The molecular weight excluding hydrogens is 178 g/mol. The molecule has 0 aliphatic rings. The van der Waals surface area contributed by atoms with E-state index >= 15 is 0 Å².